The minimum absolute atomic E-state index is 0.0359. The van der Waals surface area contributed by atoms with Crippen LogP contribution in [0.2, 0.25) is 0 Å². The molecule has 0 saturated heterocycles. The molecular formula is C17H24O4. The third-order valence-electron chi connectivity index (χ3n) is 4.54. The molecule has 0 aliphatic heterocycles. The third kappa shape index (κ3) is 2.91. The predicted octanol–water partition coefficient (Wildman–Crippen LogP) is 3.48. The van der Waals surface area contributed by atoms with E-state index in [4.69, 9.17) is 14.2 Å². The van der Waals surface area contributed by atoms with Gasteiger partial charge in [0, 0.05) is 7.11 Å². The lowest BCUT2D eigenvalue weighted by Crippen LogP contribution is -2.44. The van der Waals surface area contributed by atoms with E-state index in [1.807, 2.05) is 6.07 Å². The summed E-state index contributed by atoms with van der Waals surface area (Å²) in [6.07, 6.45) is 3.48. The van der Waals surface area contributed by atoms with Crippen molar-refractivity contribution in [2.45, 2.75) is 38.2 Å². The Bertz CT molecular complexity index is 479. The van der Waals surface area contributed by atoms with Gasteiger partial charge in [0.15, 0.2) is 0 Å². The van der Waals surface area contributed by atoms with Gasteiger partial charge < -0.3 is 14.2 Å². The van der Waals surface area contributed by atoms with Gasteiger partial charge in [0.05, 0.1) is 14.2 Å². The van der Waals surface area contributed by atoms with Gasteiger partial charge in [-0.2, -0.15) is 0 Å². The fraction of sp³-hybridized carbons (Fsp3) is 0.588. The smallest absolute Gasteiger partial charge is 0.202 e. The molecule has 1 aliphatic rings. The van der Waals surface area contributed by atoms with Gasteiger partial charge in [-0.3, -0.25) is 4.79 Å². The molecule has 2 rings (SSSR count). The summed E-state index contributed by atoms with van der Waals surface area (Å²) in [5.41, 5.74) is -0.270. The van der Waals surface area contributed by atoms with Crippen molar-refractivity contribution in [2.24, 2.45) is 5.92 Å². The summed E-state index contributed by atoms with van der Waals surface area (Å²) in [7, 11) is 4.75. The maximum atomic E-state index is 13.1. The highest BCUT2D eigenvalue weighted by atomic mass is 16.5. The normalized spacial score (nSPS) is 25.4. The van der Waals surface area contributed by atoms with Crippen LogP contribution in [0, 0.1) is 5.92 Å². The van der Waals surface area contributed by atoms with Crippen LogP contribution in [0.4, 0.5) is 0 Å². The van der Waals surface area contributed by atoms with Gasteiger partial charge in [-0.15, -0.1) is 0 Å². The Morgan fingerprint density at radius 2 is 1.62 bits per heavy atom. The Balaban J connectivity index is 2.43. The topological polar surface area (TPSA) is 44.8 Å². The molecule has 0 spiro atoms. The van der Waals surface area contributed by atoms with Gasteiger partial charge in [-0.25, -0.2) is 0 Å². The van der Waals surface area contributed by atoms with Crippen molar-refractivity contribution in [3.8, 4) is 11.5 Å². The highest BCUT2D eigenvalue weighted by molar-refractivity contribution is 6.07. The summed E-state index contributed by atoms with van der Waals surface area (Å²) in [5, 5.41) is 0. The van der Waals surface area contributed by atoms with Crippen LogP contribution in [-0.2, 0) is 4.74 Å². The molecule has 21 heavy (non-hydrogen) atoms. The highest BCUT2D eigenvalue weighted by Gasteiger charge is 2.43. The molecule has 4 nitrogen and oxygen atoms in total. The van der Waals surface area contributed by atoms with Crippen LogP contribution in [0.3, 0.4) is 0 Å². The second-order valence-electron chi connectivity index (χ2n) is 5.75. The Labute approximate surface area is 126 Å². The maximum absolute atomic E-state index is 13.1. The van der Waals surface area contributed by atoms with Gasteiger partial charge in [0.1, 0.15) is 22.7 Å². The van der Waals surface area contributed by atoms with Crippen LogP contribution >= 0.6 is 0 Å². The fourth-order valence-corrected chi connectivity index (χ4v) is 3.06. The Morgan fingerprint density at radius 1 is 1.10 bits per heavy atom. The minimum Gasteiger partial charge on any atom is -0.496 e. The zero-order valence-corrected chi connectivity index (χ0v) is 13.3. The summed E-state index contributed by atoms with van der Waals surface area (Å²) < 4.78 is 16.4. The first-order chi connectivity index (χ1) is 10.1. The number of hydrogen-bond acceptors (Lipinski definition) is 4. The zero-order valence-electron chi connectivity index (χ0n) is 13.3. The van der Waals surface area contributed by atoms with Crippen LogP contribution in [0.5, 0.6) is 11.5 Å². The van der Waals surface area contributed by atoms with Crippen molar-refractivity contribution < 1.29 is 19.0 Å². The van der Waals surface area contributed by atoms with E-state index in [2.05, 4.69) is 6.92 Å². The SMILES string of the molecule is COc1cccc(OC)c1C(=O)C1(OC)CCC(C)CC1. The monoisotopic (exact) mass is 292 g/mol. The molecule has 0 radical (unpaired) electrons. The Hall–Kier alpha value is -1.55. The fourth-order valence-electron chi connectivity index (χ4n) is 3.06. The Kier molecular flexibility index (Phi) is 4.88. The lowest BCUT2D eigenvalue weighted by molar-refractivity contribution is -0.0266. The first-order valence-corrected chi connectivity index (χ1v) is 7.39. The first kappa shape index (κ1) is 15.8. The third-order valence-corrected chi connectivity index (χ3v) is 4.54. The van der Waals surface area contributed by atoms with E-state index in [1.165, 1.54) is 0 Å². The Morgan fingerprint density at radius 3 is 2.05 bits per heavy atom. The van der Waals surface area contributed by atoms with Crippen LogP contribution in [-0.4, -0.2) is 32.7 Å². The molecule has 0 atom stereocenters. The summed E-state index contributed by atoms with van der Waals surface area (Å²) in [4.78, 5) is 13.1. The highest BCUT2D eigenvalue weighted by Crippen LogP contribution is 2.40. The van der Waals surface area contributed by atoms with Crippen LogP contribution < -0.4 is 9.47 Å². The number of hydrogen-bond donors (Lipinski definition) is 0. The number of ether oxygens (including phenoxy) is 3. The summed E-state index contributed by atoms with van der Waals surface area (Å²) in [5.74, 6) is 1.68. The lowest BCUT2D eigenvalue weighted by atomic mass is 9.75. The average molecular weight is 292 g/mol. The maximum Gasteiger partial charge on any atom is 0.202 e. The van der Waals surface area contributed by atoms with Crippen LogP contribution in [0.25, 0.3) is 0 Å². The molecule has 4 heteroatoms. The van der Waals surface area contributed by atoms with E-state index in [-0.39, 0.29) is 5.78 Å². The van der Waals surface area contributed by atoms with Gasteiger partial charge in [0.25, 0.3) is 0 Å². The number of methoxy groups -OCH3 is 3. The summed E-state index contributed by atoms with van der Waals surface area (Å²) in [6.45, 7) is 2.22. The van der Waals surface area contributed by atoms with E-state index in [0.717, 1.165) is 25.7 Å². The quantitative estimate of drug-likeness (QED) is 0.779. The molecule has 0 unspecified atom stereocenters. The van der Waals surface area contributed by atoms with Gasteiger partial charge in [-0.05, 0) is 43.7 Å². The zero-order chi connectivity index (χ0) is 15.5. The van der Waals surface area contributed by atoms with Gasteiger partial charge >= 0.3 is 0 Å². The largest absolute Gasteiger partial charge is 0.496 e. The summed E-state index contributed by atoms with van der Waals surface area (Å²) >= 11 is 0. The molecule has 0 N–H and O–H groups in total. The molecular weight excluding hydrogens is 268 g/mol. The molecule has 0 aromatic heterocycles. The second-order valence-corrected chi connectivity index (χ2v) is 5.75. The standard InChI is InChI=1S/C17H24O4/c1-12-8-10-17(21-4,11-9-12)16(18)15-13(19-2)6-5-7-14(15)20-3/h5-7,12H,8-11H2,1-4H3. The van der Waals surface area contributed by atoms with E-state index in [0.29, 0.717) is 23.0 Å². The molecule has 1 saturated carbocycles. The van der Waals surface area contributed by atoms with E-state index >= 15 is 0 Å². The molecule has 0 amide bonds. The number of Topliss-reactive ketones (excluding diaryl/α,β-unsaturated/α-hetero) is 1. The molecule has 0 bridgehead atoms. The summed E-state index contributed by atoms with van der Waals surface area (Å²) in [6, 6.07) is 5.38. The molecule has 1 aromatic carbocycles. The van der Waals surface area contributed by atoms with Gasteiger partial charge in [0.2, 0.25) is 5.78 Å². The molecule has 1 aromatic rings. The number of carbonyl (C=O) groups is 1. The van der Waals surface area contributed by atoms with Crippen molar-refractivity contribution in [1.82, 2.24) is 0 Å². The molecule has 1 aliphatic carbocycles. The average Bonchev–Trinajstić information content (AvgIpc) is 2.54. The van der Waals surface area contributed by atoms with Crippen molar-refractivity contribution in [3.63, 3.8) is 0 Å². The molecule has 1 fully saturated rings. The lowest BCUT2D eigenvalue weighted by Gasteiger charge is -2.37. The van der Waals surface area contributed by atoms with Gasteiger partial charge in [-0.1, -0.05) is 13.0 Å². The van der Waals surface area contributed by atoms with Crippen LogP contribution in [0.15, 0.2) is 18.2 Å². The molecule has 0 heterocycles. The predicted molar refractivity (Wildman–Crippen MR) is 81.2 cm³/mol. The number of rotatable bonds is 5. The number of ketones is 1. The number of carbonyl (C=O) groups excluding carboxylic acids is 1. The minimum atomic E-state index is -0.756. The van der Waals surface area contributed by atoms with Crippen molar-refractivity contribution in [2.75, 3.05) is 21.3 Å². The van der Waals surface area contributed by atoms with Crippen LogP contribution in [0.1, 0.15) is 43.0 Å². The second kappa shape index (κ2) is 6.48. The first-order valence-electron chi connectivity index (χ1n) is 7.39. The van der Waals surface area contributed by atoms with Crippen molar-refractivity contribution >= 4 is 5.78 Å². The van der Waals surface area contributed by atoms with E-state index < -0.39 is 5.60 Å². The molecule has 116 valence electrons. The number of benzene rings is 1. The van der Waals surface area contributed by atoms with Crippen molar-refractivity contribution in [1.29, 1.82) is 0 Å². The van der Waals surface area contributed by atoms with E-state index in [1.54, 1.807) is 33.5 Å². The van der Waals surface area contributed by atoms with E-state index in [9.17, 15) is 4.79 Å². The van der Waals surface area contributed by atoms with Crippen molar-refractivity contribution in [3.05, 3.63) is 23.8 Å².